The molecule has 0 aliphatic carbocycles. The molecule has 10 N–H and O–H groups in total. The van der Waals surface area contributed by atoms with Gasteiger partial charge in [0.1, 0.15) is 12.2 Å². The summed E-state index contributed by atoms with van der Waals surface area (Å²) in [6.45, 7) is 7.95. The van der Waals surface area contributed by atoms with Gasteiger partial charge in [-0.15, -0.1) is 0 Å². The van der Waals surface area contributed by atoms with Crippen LogP contribution in [0.4, 0.5) is 0 Å². The molecule has 0 aliphatic rings. The van der Waals surface area contributed by atoms with Gasteiger partial charge in [0.05, 0.1) is 11.9 Å². The van der Waals surface area contributed by atoms with Crippen molar-refractivity contribution < 1.29 is 61.3 Å². The highest BCUT2D eigenvalue weighted by atomic mass is 16.4. The van der Waals surface area contributed by atoms with Gasteiger partial charge in [0.2, 0.25) is 0 Å². The third kappa shape index (κ3) is 18.5. The molecule has 2 unspecified atom stereocenters. The summed E-state index contributed by atoms with van der Waals surface area (Å²) >= 11 is 0. The van der Waals surface area contributed by atoms with Crippen LogP contribution in [0.1, 0.15) is 40.5 Å². The van der Waals surface area contributed by atoms with E-state index in [9.17, 15) is 29.4 Å². The molecule has 0 spiro atoms. The lowest BCUT2D eigenvalue weighted by Gasteiger charge is -2.18. The van der Waals surface area contributed by atoms with E-state index >= 15 is 0 Å². The Bertz CT molecular complexity index is 452. The average molecular weight is 412 g/mol. The Labute approximate surface area is 162 Å². The van der Waals surface area contributed by atoms with Gasteiger partial charge in [0.15, 0.2) is 12.1 Å². The second kappa shape index (κ2) is 15.7. The molecule has 0 aromatic heterocycles. The topological polar surface area (TPSA) is 251 Å². The summed E-state index contributed by atoms with van der Waals surface area (Å²) in [5.41, 5.74) is 6.96. The van der Waals surface area contributed by atoms with Crippen LogP contribution in [0.3, 0.4) is 0 Å². The molecule has 28 heavy (non-hydrogen) atoms. The van der Waals surface area contributed by atoms with Gasteiger partial charge >= 0.3 is 11.9 Å². The normalized spacial score (nSPS) is 14.5. The number of aliphatic hydroxyl groups excluding tert-OH is 2. The highest BCUT2D eigenvalue weighted by Crippen LogP contribution is 2.01. The van der Waals surface area contributed by atoms with Crippen LogP contribution in [0, 0.1) is 11.8 Å². The lowest BCUT2D eigenvalue weighted by Crippen LogP contribution is -2.65. The standard InChI is InChI=1S/2C6H13NO2.C4H6O6/c2*1-4(2)3-5(7)6(8)9;5-1(3(7)8)2(6)4(9)10/h2*4-5H,3,7H2,1-2H3,(H,8,9);1-2,5-6H,(H,7,8)(H,9,10)/t2*5-;/m00./s1. The third-order valence-corrected chi connectivity index (χ3v) is 2.99. The highest BCUT2D eigenvalue weighted by molar-refractivity contribution is 5.80. The fourth-order valence-electron chi connectivity index (χ4n) is 1.60. The lowest BCUT2D eigenvalue weighted by molar-refractivity contribution is -0.410. The molecule has 0 amide bonds. The van der Waals surface area contributed by atoms with Gasteiger partial charge in [-0.2, -0.15) is 0 Å². The predicted molar refractivity (Wildman–Crippen MR) is 89.6 cm³/mol. The second-order valence-electron chi connectivity index (χ2n) is 6.86. The molecule has 0 radical (unpaired) electrons. The van der Waals surface area contributed by atoms with E-state index in [1.165, 1.54) is 0 Å². The number of hydrogen-bond acceptors (Lipinski definition) is 8. The molecule has 0 aromatic carbocycles. The second-order valence-corrected chi connectivity index (χ2v) is 6.86. The van der Waals surface area contributed by atoms with E-state index in [-0.39, 0.29) is 0 Å². The molecule has 0 saturated carbocycles. The molecule has 0 aromatic rings. The van der Waals surface area contributed by atoms with Crippen molar-refractivity contribution in [1.29, 1.82) is 0 Å². The molecule has 12 heteroatoms. The van der Waals surface area contributed by atoms with Crippen LogP contribution in [0.2, 0.25) is 0 Å². The maximum absolute atomic E-state index is 10.2. The molecular weight excluding hydrogens is 380 g/mol. The Kier molecular flexibility index (Phi) is 17.1. The fourth-order valence-corrected chi connectivity index (χ4v) is 1.60. The Morgan fingerprint density at radius 3 is 1.00 bits per heavy atom. The molecule has 0 rings (SSSR count). The van der Waals surface area contributed by atoms with E-state index in [1.54, 1.807) is 0 Å². The van der Waals surface area contributed by atoms with Crippen LogP contribution >= 0.6 is 0 Å². The molecule has 0 saturated heterocycles. The number of rotatable bonds is 9. The zero-order valence-electron chi connectivity index (χ0n) is 16.5. The monoisotopic (exact) mass is 412 g/mol. The van der Waals surface area contributed by atoms with Crippen LogP contribution in [0.25, 0.3) is 0 Å². The maximum atomic E-state index is 10.2. The Hall–Kier alpha value is -2.28. The van der Waals surface area contributed by atoms with Crippen molar-refractivity contribution in [2.75, 3.05) is 0 Å². The molecular formula is C16H32N2O10. The first-order valence-electron chi connectivity index (χ1n) is 8.44. The van der Waals surface area contributed by atoms with Crippen molar-refractivity contribution in [1.82, 2.24) is 0 Å². The first kappa shape index (κ1) is 30.4. The average Bonchev–Trinajstić information content (AvgIpc) is 2.52. The van der Waals surface area contributed by atoms with Crippen LogP contribution in [-0.2, 0) is 19.2 Å². The van der Waals surface area contributed by atoms with Crippen molar-refractivity contribution in [2.24, 2.45) is 11.8 Å². The molecule has 0 aliphatic heterocycles. The smallest absolute Gasteiger partial charge is 0.362 e. The summed E-state index contributed by atoms with van der Waals surface area (Å²) < 4.78 is 0. The molecule has 4 atom stereocenters. The summed E-state index contributed by atoms with van der Waals surface area (Å²) in [4.78, 5) is 39.6. The maximum Gasteiger partial charge on any atom is 0.362 e. The van der Waals surface area contributed by atoms with Crippen molar-refractivity contribution in [3.8, 4) is 0 Å². The number of carbonyl (C=O) groups is 4. The first-order valence-corrected chi connectivity index (χ1v) is 8.44. The number of carboxylic acid groups (broad SMARTS) is 4. The van der Waals surface area contributed by atoms with E-state index in [0.717, 1.165) is 0 Å². The number of aliphatic hydroxyl groups is 2. The number of carbonyl (C=O) groups excluding carboxylic acids is 2. The zero-order chi connectivity index (χ0) is 23.2. The van der Waals surface area contributed by atoms with Crippen LogP contribution in [0.5, 0.6) is 0 Å². The van der Waals surface area contributed by atoms with Crippen molar-refractivity contribution in [3.05, 3.63) is 0 Å². The quantitative estimate of drug-likeness (QED) is 0.209. The minimum absolute atomic E-state index is 0.420. The molecule has 0 bridgehead atoms. The Morgan fingerprint density at radius 2 is 0.929 bits per heavy atom. The Balaban J connectivity index is -0.000000336. The largest absolute Gasteiger partial charge is 0.547 e. The van der Waals surface area contributed by atoms with E-state index < -0.39 is 48.2 Å². The van der Waals surface area contributed by atoms with E-state index in [2.05, 4.69) is 11.5 Å². The fraction of sp³-hybridized carbons (Fsp3) is 0.750. The van der Waals surface area contributed by atoms with Gasteiger partial charge in [-0.05, 0) is 11.8 Å². The lowest BCUT2D eigenvalue weighted by atomic mass is 10.1. The molecule has 166 valence electrons. The summed E-state index contributed by atoms with van der Waals surface area (Å²) in [7, 11) is 0. The van der Waals surface area contributed by atoms with Crippen molar-refractivity contribution >= 4 is 23.9 Å². The third-order valence-electron chi connectivity index (χ3n) is 2.99. The predicted octanol–water partition coefficient (Wildman–Crippen LogP) is -5.34. The molecule has 0 fully saturated rings. The number of quaternary nitrogens is 2. The molecule has 0 heterocycles. The zero-order valence-corrected chi connectivity index (χ0v) is 16.5. The first-order chi connectivity index (χ1) is 12.5. The van der Waals surface area contributed by atoms with Gasteiger partial charge < -0.3 is 51.7 Å². The van der Waals surface area contributed by atoms with Crippen LogP contribution in [0.15, 0.2) is 0 Å². The minimum atomic E-state index is -2.44. The SMILES string of the molecule is CC(C)C[C@H]([NH3+])C(=O)O.CC(C)C[C@H]([NH3+])C(=O)O.O=C([O-])C(O)C(O)C(=O)[O-]. The van der Waals surface area contributed by atoms with Gasteiger partial charge in [0.25, 0.3) is 0 Å². The van der Waals surface area contributed by atoms with E-state index in [0.29, 0.717) is 24.7 Å². The van der Waals surface area contributed by atoms with Crippen molar-refractivity contribution in [2.45, 2.75) is 64.8 Å². The van der Waals surface area contributed by atoms with Crippen LogP contribution < -0.4 is 21.7 Å². The highest BCUT2D eigenvalue weighted by Gasteiger charge is 2.18. The number of aliphatic carboxylic acids is 4. The minimum Gasteiger partial charge on any atom is -0.547 e. The number of hydrogen-bond donors (Lipinski definition) is 6. The van der Waals surface area contributed by atoms with E-state index in [4.69, 9.17) is 20.4 Å². The summed E-state index contributed by atoms with van der Waals surface area (Å²) in [6, 6.07) is -0.880. The number of carboxylic acids is 4. The summed E-state index contributed by atoms with van der Waals surface area (Å²) in [5, 5.41) is 52.5. The van der Waals surface area contributed by atoms with Gasteiger partial charge in [-0.1, -0.05) is 27.7 Å². The summed E-state index contributed by atoms with van der Waals surface area (Å²) in [5.74, 6) is -4.88. The van der Waals surface area contributed by atoms with Gasteiger partial charge in [0, 0.05) is 12.8 Å². The Morgan fingerprint density at radius 1 is 0.714 bits per heavy atom. The summed E-state index contributed by atoms with van der Waals surface area (Å²) in [6.07, 6.45) is -3.56. The van der Waals surface area contributed by atoms with Crippen LogP contribution in [-0.4, -0.2) is 68.6 Å². The molecule has 12 nitrogen and oxygen atoms in total. The van der Waals surface area contributed by atoms with Crippen molar-refractivity contribution in [3.63, 3.8) is 0 Å². The van der Waals surface area contributed by atoms with E-state index in [1.807, 2.05) is 27.7 Å². The van der Waals surface area contributed by atoms with Gasteiger partial charge in [-0.25, -0.2) is 9.59 Å². The van der Waals surface area contributed by atoms with Gasteiger partial charge in [-0.3, -0.25) is 0 Å².